The lowest BCUT2D eigenvalue weighted by Gasteiger charge is -2.33. The molecule has 1 heterocycles. The van der Waals surface area contributed by atoms with Crippen LogP contribution in [0.25, 0.3) is 0 Å². The van der Waals surface area contributed by atoms with Gasteiger partial charge in [0.15, 0.2) is 0 Å². The van der Waals surface area contributed by atoms with Gasteiger partial charge < -0.3 is 10.6 Å². The molecule has 1 amide bonds. The Hall–Kier alpha value is -1.35. The van der Waals surface area contributed by atoms with E-state index in [2.05, 4.69) is 23.6 Å². The molecule has 3 heteroatoms. The second-order valence-corrected chi connectivity index (χ2v) is 5.49. The Balaban J connectivity index is 2.11. The summed E-state index contributed by atoms with van der Waals surface area (Å²) in [7, 11) is 0. The van der Waals surface area contributed by atoms with Gasteiger partial charge in [-0.05, 0) is 58.2 Å². The van der Waals surface area contributed by atoms with Crippen molar-refractivity contribution in [2.75, 3.05) is 11.9 Å². The standard InChI is InChI=1S/C15H22N2O/c1-11-6-7-13(12(2)10-11)17-14(18)15(3)8-4-5-9-16-15/h6-7,10,16H,4-5,8-9H2,1-3H3,(H,17,18). The summed E-state index contributed by atoms with van der Waals surface area (Å²) in [6, 6.07) is 6.10. The largest absolute Gasteiger partial charge is 0.324 e. The molecule has 1 aliphatic rings. The number of hydrogen-bond acceptors (Lipinski definition) is 2. The minimum Gasteiger partial charge on any atom is -0.324 e. The predicted octanol–water partition coefficient (Wildman–Crippen LogP) is 2.77. The Morgan fingerprint density at radius 2 is 2.11 bits per heavy atom. The van der Waals surface area contributed by atoms with Crippen molar-refractivity contribution in [2.45, 2.75) is 45.6 Å². The molecule has 18 heavy (non-hydrogen) atoms. The zero-order valence-corrected chi connectivity index (χ0v) is 11.5. The average molecular weight is 246 g/mol. The van der Waals surface area contributed by atoms with E-state index in [0.29, 0.717) is 0 Å². The van der Waals surface area contributed by atoms with Gasteiger partial charge in [0.2, 0.25) is 5.91 Å². The van der Waals surface area contributed by atoms with Crippen LogP contribution in [0.3, 0.4) is 0 Å². The topological polar surface area (TPSA) is 41.1 Å². The lowest BCUT2D eigenvalue weighted by molar-refractivity contribution is -0.122. The molecule has 1 atom stereocenters. The molecule has 1 aromatic rings. The van der Waals surface area contributed by atoms with Crippen LogP contribution in [0.4, 0.5) is 5.69 Å². The summed E-state index contributed by atoms with van der Waals surface area (Å²) in [5.41, 5.74) is 2.82. The van der Waals surface area contributed by atoms with Gasteiger partial charge in [-0.25, -0.2) is 0 Å². The van der Waals surface area contributed by atoms with Crippen molar-refractivity contribution in [3.8, 4) is 0 Å². The van der Waals surface area contributed by atoms with Crippen LogP contribution >= 0.6 is 0 Å². The van der Waals surface area contributed by atoms with Gasteiger partial charge in [-0.15, -0.1) is 0 Å². The SMILES string of the molecule is Cc1ccc(NC(=O)C2(C)CCCCN2)c(C)c1. The molecule has 2 rings (SSSR count). The molecule has 98 valence electrons. The van der Waals surface area contributed by atoms with Gasteiger partial charge in [0.1, 0.15) is 0 Å². The van der Waals surface area contributed by atoms with Crippen molar-refractivity contribution < 1.29 is 4.79 Å². The van der Waals surface area contributed by atoms with Crippen LogP contribution in [-0.4, -0.2) is 18.0 Å². The van der Waals surface area contributed by atoms with E-state index in [0.717, 1.165) is 37.1 Å². The molecule has 0 radical (unpaired) electrons. The minimum absolute atomic E-state index is 0.0779. The van der Waals surface area contributed by atoms with E-state index in [1.54, 1.807) is 0 Å². The number of amides is 1. The molecule has 0 aromatic heterocycles. The number of carbonyl (C=O) groups is 1. The van der Waals surface area contributed by atoms with Gasteiger partial charge in [-0.1, -0.05) is 17.7 Å². The molecule has 1 aliphatic heterocycles. The van der Waals surface area contributed by atoms with Crippen LogP contribution < -0.4 is 10.6 Å². The van der Waals surface area contributed by atoms with Crippen LogP contribution in [0.1, 0.15) is 37.3 Å². The Kier molecular flexibility index (Phi) is 3.71. The summed E-state index contributed by atoms with van der Waals surface area (Å²) in [5.74, 6) is 0.0779. The molecule has 0 bridgehead atoms. The number of hydrogen-bond donors (Lipinski definition) is 2. The Morgan fingerprint density at radius 3 is 2.72 bits per heavy atom. The van der Waals surface area contributed by atoms with Crippen molar-refractivity contribution in [1.82, 2.24) is 5.32 Å². The molecule has 3 nitrogen and oxygen atoms in total. The molecule has 0 spiro atoms. The van der Waals surface area contributed by atoms with Crippen LogP contribution in [0, 0.1) is 13.8 Å². The highest BCUT2D eigenvalue weighted by molar-refractivity contribution is 5.98. The van der Waals surface area contributed by atoms with E-state index in [9.17, 15) is 4.79 Å². The third-order valence-corrected chi connectivity index (χ3v) is 3.75. The van der Waals surface area contributed by atoms with E-state index in [4.69, 9.17) is 0 Å². The Bertz CT molecular complexity index is 448. The fourth-order valence-electron chi connectivity index (χ4n) is 2.46. The number of aryl methyl sites for hydroxylation is 2. The van der Waals surface area contributed by atoms with Gasteiger partial charge in [0.05, 0.1) is 5.54 Å². The summed E-state index contributed by atoms with van der Waals surface area (Å²) >= 11 is 0. The maximum absolute atomic E-state index is 12.4. The quantitative estimate of drug-likeness (QED) is 0.842. The maximum atomic E-state index is 12.4. The van der Waals surface area contributed by atoms with Crippen LogP contribution in [0.2, 0.25) is 0 Å². The summed E-state index contributed by atoms with van der Waals surface area (Å²) in [5, 5.41) is 6.38. The van der Waals surface area contributed by atoms with Gasteiger partial charge in [-0.3, -0.25) is 4.79 Å². The molecule has 1 aromatic carbocycles. The molecular formula is C15H22N2O. The second-order valence-electron chi connectivity index (χ2n) is 5.49. The van der Waals surface area contributed by atoms with E-state index in [-0.39, 0.29) is 5.91 Å². The van der Waals surface area contributed by atoms with Gasteiger partial charge in [-0.2, -0.15) is 0 Å². The number of anilines is 1. The molecule has 1 saturated heterocycles. The number of benzene rings is 1. The zero-order valence-electron chi connectivity index (χ0n) is 11.5. The molecule has 1 unspecified atom stereocenters. The molecule has 0 saturated carbocycles. The summed E-state index contributed by atoms with van der Waals surface area (Å²) < 4.78 is 0. The predicted molar refractivity (Wildman–Crippen MR) is 74.8 cm³/mol. The first-order valence-electron chi connectivity index (χ1n) is 6.65. The summed E-state index contributed by atoms with van der Waals surface area (Å²) in [6.45, 7) is 7.00. The normalized spacial score (nSPS) is 23.7. The van der Waals surface area contributed by atoms with Crippen LogP contribution in [-0.2, 0) is 4.79 Å². The number of carbonyl (C=O) groups excluding carboxylic acids is 1. The van der Waals surface area contributed by atoms with Crippen molar-refractivity contribution in [1.29, 1.82) is 0 Å². The van der Waals surface area contributed by atoms with Gasteiger partial charge >= 0.3 is 0 Å². The fraction of sp³-hybridized carbons (Fsp3) is 0.533. The number of nitrogens with one attached hydrogen (secondary N) is 2. The molecule has 2 N–H and O–H groups in total. The average Bonchev–Trinajstić information content (AvgIpc) is 2.33. The van der Waals surface area contributed by atoms with Crippen molar-refractivity contribution >= 4 is 11.6 Å². The van der Waals surface area contributed by atoms with Crippen molar-refractivity contribution in [3.63, 3.8) is 0 Å². The summed E-state index contributed by atoms with van der Waals surface area (Å²) in [6.07, 6.45) is 3.18. The van der Waals surface area contributed by atoms with E-state index in [1.807, 2.05) is 26.0 Å². The first kappa shape index (κ1) is 13.1. The highest BCUT2D eigenvalue weighted by Gasteiger charge is 2.34. The smallest absolute Gasteiger partial charge is 0.244 e. The van der Waals surface area contributed by atoms with Crippen LogP contribution in [0.15, 0.2) is 18.2 Å². The number of rotatable bonds is 2. The van der Waals surface area contributed by atoms with E-state index in [1.165, 1.54) is 5.56 Å². The van der Waals surface area contributed by atoms with Crippen LogP contribution in [0.5, 0.6) is 0 Å². The first-order valence-corrected chi connectivity index (χ1v) is 6.65. The van der Waals surface area contributed by atoms with Gasteiger partial charge in [0, 0.05) is 5.69 Å². The van der Waals surface area contributed by atoms with E-state index >= 15 is 0 Å². The zero-order chi connectivity index (χ0) is 13.2. The van der Waals surface area contributed by atoms with E-state index < -0.39 is 5.54 Å². The first-order chi connectivity index (χ1) is 8.51. The highest BCUT2D eigenvalue weighted by atomic mass is 16.2. The Labute approximate surface area is 109 Å². The molecule has 0 aliphatic carbocycles. The maximum Gasteiger partial charge on any atom is 0.244 e. The lowest BCUT2D eigenvalue weighted by Crippen LogP contribution is -2.54. The monoisotopic (exact) mass is 246 g/mol. The molecule has 1 fully saturated rings. The lowest BCUT2D eigenvalue weighted by atomic mass is 9.90. The van der Waals surface area contributed by atoms with Crippen molar-refractivity contribution in [3.05, 3.63) is 29.3 Å². The third kappa shape index (κ3) is 2.72. The third-order valence-electron chi connectivity index (χ3n) is 3.75. The molecular weight excluding hydrogens is 224 g/mol. The summed E-state index contributed by atoms with van der Waals surface area (Å²) in [4.78, 5) is 12.4. The van der Waals surface area contributed by atoms with Gasteiger partial charge in [0.25, 0.3) is 0 Å². The fourth-order valence-corrected chi connectivity index (χ4v) is 2.46. The number of piperidine rings is 1. The second kappa shape index (κ2) is 5.11. The minimum atomic E-state index is -0.421. The Morgan fingerprint density at radius 1 is 1.33 bits per heavy atom. The highest BCUT2D eigenvalue weighted by Crippen LogP contribution is 2.22. The van der Waals surface area contributed by atoms with Crippen molar-refractivity contribution in [2.24, 2.45) is 0 Å².